The molecule has 1 fully saturated rings. The third-order valence-electron chi connectivity index (χ3n) is 3.92. The van der Waals surface area contributed by atoms with Gasteiger partial charge in [0.2, 0.25) is 11.8 Å². The number of piperidine rings is 1. The Hall–Kier alpha value is -1.34. The molecular weight excluding hydrogens is 363 g/mol. The van der Waals surface area contributed by atoms with Gasteiger partial charge in [-0.3, -0.25) is 14.2 Å². The summed E-state index contributed by atoms with van der Waals surface area (Å²) in [5, 5.41) is 2.87. The van der Waals surface area contributed by atoms with Gasteiger partial charge >= 0.3 is 7.60 Å². The highest BCUT2D eigenvalue weighted by Crippen LogP contribution is 2.38. The van der Waals surface area contributed by atoms with Crippen molar-refractivity contribution in [2.75, 3.05) is 17.8 Å². The van der Waals surface area contributed by atoms with Gasteiger partial charge in [-0.05, 0) is 24.8 Å². The quantitative estimate of drug-likeness (QED) is 0.614. The zero-order valence-corrected chi connectivity index (χ0v) is 15.5. The van der Waals surface area contributed by atoms with E-state index >= 15 is 0 Å². The first-order valence-corrected chi connectivity index (χ1v) is 11.1. The molecule has 1 atom stereocenters. The van der Waals surface area contributed by atoms with E-state index in [1.165, 1.54) is 4.90 Å². The van der Waals surface area contributed by atoms with Crippen LogP contribution in [-0.4, -0.2) is 50.3 Å². The van der Waals surface area contributed by atoms with Crippen LogP contribution in [0.2, 0.25) is 0 Å². The number of carbonyl (C=O) groups excluding carboxylic acids is 2. The highest BCUT2D eigenvalue weighted by molar-refractivity contribution is 8.04. The summed E-state index contributed by atoms with van der Waals surface area (Å²) in [5.41, 5.74) is 0.596. The number of nitrogens with one attached hydrogen (secondary N) is 1. The maximum Gasteiger partial charge on any atom is 0.335 e. The highest BCUT2D eigenvalue weighted by Gasteiger charge is 2.32. The first-order valence-electron chi connectivity index (χ1n) is 8.10. The van der Waals surface area contributed by atoms with Crippen molar-refractivity contribution in [1.82, 2.24) is 10.2 Å². The number of thioether (sulfide) groups is 1. The Balaban J connectivity index is 1.89. The van der Waals surface area contributed by atoms with Crippen LogP contribution in [0, 0.1) is 0 Å². The summed E-state index contributed by atoms with van der Waals surface area (Å²) in [6.07, 6.45) is 2.32. The minimum absolute atomic E-state index is 0.0342. The van der Waals surface area contributed by atoms with Gasteiger partial charge in [0.05, 0.1) is 11.2 Å². The third kappa shape index (κ3) is 6.82. The highest BCUT2D eigenvalue weighted by atomic mass is 32.2. The van der Waals surface area contributed by atoms with Crippen molar-refractivity contribution < 1.29 is 23.9 Å². The molecule has 1 heterocycles. The Labute approximate surface area is 151 Å². The van der Waals surface area contributed by atoms with Crippen LogP contribution in [-0.2, 0) is 20.7 Å². The SMILES string of the molecule is O=C(NCc1ccccc1)C1CCCCN1C(=O)CSCP(=O)(O)O. The first kappa shape index (κ1) is 20.0. The molecule has 2 amide bonds. The van der Waals surface area contributed by atoms with Crippen LogP contribution in [0.5, 0.6) is 0 Å². The van der Waals surface area contributed by atoms with Gasteiger partial charge in [0.25, 0.3) is 0 Å². The Bertz CT molecular complexity index is 637. The summed E-state index contributed by atoms with van der Waals surface area (Å²) >= 11 is 0.900. The van der Waals surface area contributed by atoms with Gasteiger partial charge in [0.1, 0.15) is 6.04 Å². The second-order valence-electron chi connectivity index (χ2n) is 5.94. The van der Waals surface area contributed by atoms with E-state index in [0.717, 1.165) is 30.2 Å². The number of hydrogen-bond donors (Lipinski definition) is 3. The van der Waals surface area contributed by atoms with E-state index < -0.39 is 19.1 Å². The van der Waals surface area contributed by atoms with E-state index in [9.17, 15) is 14.2 Å². The Morgan fingerprint density at radius 3 is 2.64 bits per heavy atom. The second-order valence-corrected chi connectivity index (χ2v) is 9.00. The number of benzene rings is 1. The predicted octanol–water partition coefficient (Wildman–Crippen LogP) is 1.55. The third-order valence-corrected chi connectivity index (χ3v) is 6.45. The number of hydrogen-bond acceptors (Lipinski definition) is 4. The number of carbonyl (C=O) groups is 2. The van der Waals surface area contributed by atoms with Crippen LogP contribution in [0.3, 0.4) is 0 Å². The monoisotopic (exact) mass is 386 g/mol. The molecule has 1 aromatic rings. The van der Waals surface area contributed by atoms with Crippen molar-refractivity contribution in [3.8, 4) is 0 Å². The molecule has 0 spiro atoms. The fourth-order valence-corrected chi connectivity index (χ4v) is 4.40. The largest absolute Gasteiger partial charge is 0.350 e. The summed E-state index contributed by atoms with van der Waals surface area (Å²) in [4.78, 5) is 44.1. The first-order chi connectivity index (χ1) is 11.9. The van der Waals surface area contributed by atoms with E-state index in [4.69, 9.17) is 9.79 Å². The van der Waals surface area contributed by atoms with Crippen LogP contribution < -0.4 is 5.32 Å². The molecule has 9 heteroatoms. The van der Waals surface area contributed by atoms with Gasteiger partial charge in [0.15, 0.2) is 0 Å². The van der Waals surface area contributed by atoms with Crippen LogP contribution >= 0.6 is 19.4 Å². The van der Waals surface area contributed by atoms with E-state index in [1.807, 2.05) is 30.3 Å². The Kier molecular flexibility index (Phi) is 7.50. The van der Waals surface area contributed by atoms with Crippen molar-refractivity contribution in [3.63, 3.8) is 0 Å². The lowest BCUT2D eigenvalue weighted by atomic mass is 10.0. The van der Waals surface area contributed by atoms with Crippen LogP contribution in [0.15, 0.2) is 30.3 Å². The van der Waals surface area contributed by atoms with E-state index in [0.29, 0.717) is 19.5 Å². The molecule has 1 aliphatic rings. The standard InChI is InChI=1S/C16H23N2O5PS/c19-15(11-25-12-24(21,22)23)18-9-5-4-8-14(18)16(20)17-10-13-6-2-1-3-7-13/h1-3,6-7,14H,4-5,8-12H2,(H,17,20)(H2,21,22,23). The molecule has 0 saturated carbocycles. The molecule has 7 nitrogen and oxygen atoms in total. The summed E-state index contributed by atoms with van der Waals surface area (Å²) in [6, 6.07) is 9.03. The van der Waals surface area contributed by atoms with Crippen LogP contribution in [0.1, 0.15) is 24.8 Å². The average molecular weight is 386 g/mol. The van der Waals surface area contributed by atoms with Crippen molar-refractivity contribution in [1.29, 1.82) is 0 Å². The molecular formula is C16H23N2O5PS. The number of likely N-dealkylation sites (tertiary alicyclic amines) is 1. The number of amides is 2. The molecule has 1 unspecified atom stereocenters. The topological polar surface area (TPSA) is 107 Å². The van der Waals surface area contributed by atoms with Crippen LogP contribution in [0.4, 0.5) is 0 Å². The minimum Gasteiger partial charge on any atom is -0.350 e. The lowest BCUT2D eigenvalue weighted by Gasteiger charge is -2.34. The number of rotatable bonds is 7. The second kappa shape index (κ2) is 9.38. The molecule has 3 N–H and O–H groups in total. The lowest BCUT2D eigenvalue weighted by Crippen LogP contribution is -2.52. The van der Waals surface area contributed by atoms with Gasteiger partial charge in [-0.1, -0.05) is 30.3 Å². The normalized spacial score (nSPS) is 18.0. The fourth-order valence-electron chi connectivity index (χ4n) is 2.74. The Morgan fingerprint density at radius 2 is 1.96 bits per heavy atom. The van der Waals surface area contributed by atoms with Crippen molar-refractivity contribution in [2.45, 2.75) is 31.8 Å². The smallest absolute Gasteiger partial charge is 0.335 e. The molecule has 0 radical (unpaired) electrons. The molecule has 0 bridgehead atoms. The molecule has 0 aromatic heterocycles. The van der Waals surface area contributed by atoms with E-state index in [2.05, 4.69) is 5.32 Å². The van der Waals surface area contributed by atoms with E-state index in [1.54, 1.807) is 0 Å². The molecule has 1 aliphatic heterocycles. The summed E-state index contributed by atoms with van der Waals surface area (Å²) < 4.78 is 10.9. The lowest BCUT2D eigenvalue weighted by molar-refractivity contribution is -0.140. The molecule has 1 saturated heterocycles. The Morgan fingerprint density at radius 1 is 1.24 bits per heavy atom. The fraction of sp³-hybridized carbons (Fsp3) is 0.500. The van der Waals surface area contributed by atoms with Crippen LogP contribution in [0.25, 0.3) is 0 Å². The van der Waals surface area contributed by atoms with Gasteiger partial charge < -0.3 is 20.0 Å². The molecule has 25 heavy (non-hydrogen) atoms. The van der Waals surface area contributed by atoms with Crippen molar-refractivity contribution in [3.05, 3.63) is 35.9 Å². The minimum atomic E-state index is -4.13. The zero-order chi connectivity index (χ0) is 18.3. The van der Waals surface area contributed by atoms with Crippen molar-refractivity contribution in [2.24, 2.45) is 0 Å². The molecule has 138 valence electrons. The average Bonchev–Trinajstić information content (AvgIpc) is 2.59. The summed E-state index contributed by atoms with van der Waals surface area (Å²) in [5.74, 6) is -0.469. The molecule has 0 aliphatic carbocycles. The molecule has 2 rings (SSSR count). The number of nitrogens with zero attached hydrogens (tertiary/aromatic N) is 1. The van der Waals surface area contributed by atoms with Gasteiger partial charge in [-0.15, -0.1) is 11.8 Å². The van der Waals surface area contributed by atoms with Gasteiger partial charge in [-0.25, -0.2) is 0 Å². The molecule has 1 aromatic carbocycles. The van der Waals surface area contributed by atoms with Gasteiger partial charge in [-0.2, -0.15) is 0 Å². The predicted molar refractivity (Wildman–Crippen MR) is 97.0 cm³/mol. The summed E-state index contributed by atoms with van der Waals surface area (Å²) in [7, 11) is -4.13. The zero-order valence-electron chi connectivity index (χ0n) is 13.8. The maximum absolute atomic E-state index is 12.5. The van der Waals surface area contributed by atoms with Crippen molar-refractivity contribution >= 4 is 31.2 Å². The van der Waals surface area contributed by atoms with Gasteiger partial charge in [0, 0.05) is 13.1 Å². The summed E-state index contributed by atoms with van der Waals surface area (Å²) in [6.45, 7) is 0.907. The maximum atomic E-state index is 12.5. The van der Waals surface area contributed by atoms with E-state index in [-0.39, 0.29) is 17.6 Å².